The first kappa shape index (κ1) is 12.4. The Labute approximate surface area is 112 Å². The van der Waals surface area contributed by atoms with E-state index in [4.69, 9.17) is 5.73 Å². The Kier molecular flexibility index (Phi) is 3.34. The molecule has 4 heteroatoms. The van der Waals surface area contributed by atoms with Gasteiger partial charge in [0, 0.05) is 17.9 Å². The first-order chi connectivity index (χ1) is 9.28. The molecule has 1 saturated carbocycles. The topological polar surface area (TPSA) is 71.8 Å². The lowest BCUT2D eigenvalue weighted by molar-refractivity contribution is 0.0985. The smallest absolute Gasteiger partial charge is 0.164 e. The largest absolute Gasteiger partial charge is 0.342 e. The van der Waals surface area contributed by atoms with Crippen LogP contribution in [0.3, 0.4) is 0 Å². The Morgan fingerprint density at radius 1 is 1.37 bits per heavy atom. The number of carbonyl (C=O) groups excluding carboxylic acids is 1. The molecular weight excluding hydrogens is 238 g/mol. The minimum atomic E-state index is 0.0985. The molecule has 19 heavy (non-hydrogen) atoms. The summed E-state index contributed by atoms with van der Waals surface area (Å²) in [5, 5.41) is 0. The molecule has 1 fully saturated rings. The lowest BCUT2D eigenvalue weighted by Crippen LogP contribution is -2.07. The van der Waals surface area contributed by atoms with Crippen LogP contribution in [0.25, 0.3) is 11.0 Å². The van der Waals surface area contributed by atoms with Crippen molar-refractivity contribution < 1.29 is 4.79 Å². The number of hydrogen-bond acceptors (Lipinski definition) is 3. The van der Waals surface area contributed by atoms with Crippen LogP contribution in [-0.4, -0.2) is 22.3 Å². The van der Waals surface area contributed by atoms with Crippen LogP contribution in [-0.2, 0) is 0 Å². The van der Waals surface area contributed by atoms with Crippen LogP contribution in [0, 0.1) is 0 Å². The van der Waals surface area contributed by atoms with E-state index in [0.29, 0.717) is 18.9 Å². The van der Waals surface area contributed by atoms with Crippen molar-refractivity contribution in [3.63, 3.8) is 0 Å². The highest BCUT2D eigenvalue weighted by Crippen LogP contribution is 2.33. The summed E-state index contributed by atoms with van der Waals surface area (Å²) in [6.45, 7) is 0.396. The quantitative estimate of drug-likeness (QED) is 0.827. The molecule has 0 unspecified atom stereocenters. The number of imidazole rings is 1. The number of nitrogens with one attached hydrogen (secondary N) is 1. The molecule has 2 aromatic rings. The highest BCUT2D eigenvalue weighted by molar-refractivity contribution is 5.98. The Balaban J connectivity index is 1.92. The molecule has 100 valence electrons. The van der Waals surface area contributed by atoms with E-state index in [1.54, 1.807) is 0 Å². The molecule has 1 aliphatic carbocycles. The van der Waals surface area contributed by atoms with Gasteiger partial charge in [-0.3, -0.25) is 4.79 Å². The van der Waals surface area contributed by atoms with Crippen LogP contribution in [0.4, 0.5) is 0 Å². The molecule has 1 aromatic heterocycles. The SMILES string of the molecule is NCCC(=O)c1ccc2nc(C3CCCC3)[nH]c2c1. The van der Waals surface area contributed by atoms with E-state index in [9.17, 15) is 4.79 Å². The molecule has 0 bridgehead atoms. The van der Waals surface area contributed by atoms with Crippen molar-refractivity contribution in [3.8, 4) is 0 Å². The van der Waals surface area contributed by atoms with Gasteiger partial charge >= 0.3 is 0 Å². The molecule has 0 amide bonds. The zero-order valence-corrected chi connectivity index (χ0v) is 11.0. The van der Waals surface area contributed by atoms with Gasteiger partial charge in [-0.05, 0) is 37.6 Å². The maximum absolute atomic E-state index is 11.8. The summed E-state index contributed by atoms with van der Waals surface area (Å²) in [6.07, 6.45) is 5.43. The number of ketones is 1. The number of rotatable bonds is 4. The van der Waals surface area contributed by atoms with Crippen LogP contribution < -0.4 is 5.73 Å². The van der Waals surface area contributed by atoms with E-state index in [-0.39, 0.29) is 5.78 Å². The van der Waals surface area contributed by atoms with Gasteiger partial charge in [0.2, 0.25) is 0 Å². The summed E-state index contributed by atoms with van der Waals surface area (Å²) < 4.78 is 0. The second kappa shape index (κ2) is 5.13. The first-order valence-corrected chi connectivity index (χ1v) is 7.01. The summed E-state index contributed by atoms with van der Waals surface area (Å²) in [6, 6.07) is 5.67. The van der Waals surface area contributed by atoms with E-state index < -0.39 is 0 Å². The second-order valence-corrected chi connectivity index (χ2v) is 5.30. The second-order valence-electron chi connectivity index (χ2n) is 5.30. The molecule has 0 atom stereocenters. The number of Topliss-reactive ketones (excluding diaryl/α,β-unsaturated/α-hetero) is 1. The number of fused-ring (bicyclic) bond motifs is 1. The Morgan fingerprint density at radius 2 is 2.16 bits per heavy atom. The van der Waals surface area contributed by atoms with E-state index in [0.717, 1.165) is 22.4 Å². The number of nitrogens with zero attached hydrogens (tertiary/aromatic N) is 1. The van der Waals surface area contributed by atoms with Gasteiger partial charge in [-0.25, -0.2) is 4.98 Å². The van der Waals surface area contributed by atoms with Crippen LogP contribution in [0.5, 0.6) is 0 Å². The summed E-state index contributed by atoms with van der Waals surface area (Å²) in [7, 11) is 0. The van der Waals surface area contributed by atoms with Crippen molar-refractivity contribution in [3.05, 3.63) is 29.6 Å². The first-order valence-electron chi connectivity index (χ1n) is 7.01. The lowest BCUT2D eigenvalue weighted by Gasteiger charge is -2.02. The third-order valence-corrected chi connectivity index (χ3v) is 3.94. The highest BCUT2D eigenvalue weighted by Gasteiger charge is 2.20. The number of hydrogen-bond donors (Lipinski definition) is 2. The van der Waals surface area contributed by atoms with Crippen molar-refractivity contribution >= 4 is 16.8 Å². The van der Waals surface area contributed by atoms with Gasteiger partial charge in [0.05, 0.1) is 11.0 Å². The van der Waals surface area contributed by atoms with Crippen molar-refractivity contribution in [1.29, 1.82) is 0 Å². The molecule has 0 aliphatic heterocycles. The van der Waals surface area contributed by atoms with E-state index in [1.165, 1.54) is 25.7 Å². The number of benzene rings is 1. The maximum Gasteiger partial charge on any atom is 0.164 e. The van der Waals surface area contributed by atoms with Crippen LogP contribution >= 0.6 is 0 Å². The maximum atomic E-state index is 11.8. The van der Waals surface area contributed by atoms with Gasteiger partial charge in [-0.15, -0.1) is 0 Å². The molecule has 0 saturated heterocycles. The molecule has 1 heterocycles. The standard InChI is InChI=1S/C15H19N3O/c16-8-7-14(19)11-5-6-12-13(9-11)18-15(17-12)10-3-1-2-4-10/h5-6,9-10H,1-4,7-8,16H2,(H,17,18). The zero-order valence-electron chi connectivity index (χ0n) is 11.0. The van der Waals surface area contributed by atoms with Crippen molar-refractivity contribution in [2.75, 3.05) is 6.54 Å². The fraction of sp³-hybridized carbons (Fsp3) is 0.467. The Bertz CT molecular complexity index is 596. The van der Waals surface area contributed by atoms with Gasteiger partial charge in [0.25, 0.3) is 0 Å². The average Bonchev–Trinajstić information content (AvgIpc) is 3.07. The molecule has 0 radical (unpaired) electrons. The fourth-order valence-electron chi connectivity index (χ4n) is 2.87. The van der Waals surface area contributed by atoms with Gasteiger partial charge in [-0.1, -0.05) is 12.8 Å². The van der Waals surface area contributed by atoms with Crippen LogP contribution in [0.15, 0.2) is 18.2 Å². The molecule has 0 spiro atoms. The van der Waals surface area contributed by atoms with Crippen LogP contribution in [0.2, 0.25) is 0 Å². The van der Waals surface area contributed by atoms with E-state index in [1.807, 2.05) is 18.2 Å². The van der Waals surface area contributed by atoms with Crippen LogP contribution in [0.1, 0.15) is 54.2 Å². The Hall–Kier alpha value is -1.68. The van der Waals surface area contributed by atoms with Gasteiger partial charge in [0.15, 0.2) is 5.78 Å². The summed E-state index contributed by atoms with van der Waals surface area (Å²) >= 11 is 0. The molecule has 1 aromatic carbocycles. The Morgan fingerprint density at radius 3 is 2.89 bits per heavy atom. The predicted molar refractivity (Wildman–Crippen MR) is 75.3 cm³/mol. The predicted octanol–water partition coefficient (Wildman–Crippen LogP) is 2.75. The number of carbonyl (C=O) groups is 1. The molecule has 3 rings (SSSR count). The normalized spacial score (nSPS) is 16.3. The number of nitrogens with two attached hydrogens (primary N) is 1. The average molecular weight is 257 g/mol. The van der Waals surface area contributed by atoms with Crippen molar-refractivity contribution in [1.82, 2.24) is 9.97 Å². The van der Waals surface area contributed by atoms with Gasteiger partial charge in [-0.2, -0.15) is 0 Å². The molecule has 1 aliphatic rings. The minimum Gasteiger partial charge on any atom is -0.342 e. The third-order valence-electron chi connectivity index (χ3n) is 3.94. The lowest BCUT2D eigenvalue weighted by atomic mass is 10.1. The fourth-order valence-corrected chi connectivity index (χ4v) is 2.87. The number of H-pyrrole nitrogens is 1. The van der Waals surface area contributed by atoms with Crippen molar-refractivity contribution in [2.45, 2.75) is 38.0 Å². The third kappa shape index (κ3) is 2.40. The number of aromatic nitrogens is 2. The van der Waals surface area contributed by atoms with Gasteiger partial charge in [0.1, 0.15) is 5.82 Å². The summed E-state index contributed by atoms with van der Waals surface area (Å²) in [5.74, 6) is 1.74. The molecule has 3 N–H and O–H groups in total. The van der Waals surface area contributed by atoms with E-state index >= 15 is 0 Å². The molecular formula is C15H19N3O. The van der Waals surface area contributed by atoms with Gasteiger partial charge < -0.3 is 10.7 Å². The molecule has 4 nitrogen and oxygen atoms in total. The zero-order chi connectivity index (χ0) is 13.2. The van der Waals surface area contributed by atoms with Crippen molar-refractivity contribution in [2.24, 2.45) is 5.73 Å². The summed E-state index contributed by atoms with van der Waals surface area (Å²) in [4.78, 5) is 19.9. The highest BCUT2D eigenvalue weighted by atomic mass is 16.1. The summed E-state index contributed by atoms with van der Waals surface area (Å²) in [5.41, 5.74) is 8.06. The minimum absolute atomic E-state index is 0.0985. The monoisotopic (exact) mass is 257 g/mol. The van der Waals surface area contributed by atoms with E-state index in [2.05, 4.69) is 9.97 Å². The number of aromatic amines is 1.